The number of amides is 1. The van der Waals surface area contributed by atoms with E-state index in [1.807, 2.05) is 6.07 Å². The molecule has 0 spiro atoms. The molecule has 19 heavy (non-hydrogen) atoms. The number of sulfonamides is 1. The number of nitrogens with one attached hydrogen (secondary N) is 2. The first-order valence-corrected chi connectivity index (χ1v) is 8.75. The standard InChI is InChI=1S/C11H13ClN2O3S2/c12-9-4-3-8(18-9)11-7(5-10(15)13-11)14-19(16,17)6-1-2-6/h3-4,6-7,11,14H,1-2,5H2,(H,13,15)/t7-,11?/m0/s1. The monoisotopic (exact) mass is 320 g/mol. The number of hydrogen-bond acceptors (Lipinski definition) is 4. The molecule has 2 heterocycles. The molecule has 1 aromatic heterocycles. The Morgan fingerprint density at radius 1 is 1.37 bits per heavy atom. The molecule has 0 radical (unpaired) electrons. The lowest BCUT2D eigenvalue weighted by atomic mass is 10.1. The molecular formula is C11H13ClN2O3S2. The maximum absolute atomic E-state index is 12.0. The van der Waals surface area contributed by atoms with Crippen molar-refractivity contribution in [3.63, 3.8) is 0 Å². The molecule has 2 fully saturated rings. The maximum Gasteiger partial charge on any atom is 0.222 e. The van der Waals surface area contributed by atoms with Gasteiger partial charge >= 0.3 is 0 Å². The lowest BCUT2D eigenvalue weighted by molar-refractivity contribution is -0.119. The molecule has 2 atom stereocenters. The van der Waals surface area contributed by atoms with Gasteiger partial charge in [0, 0.05) is 11.3 Å². The Balaban J connectivity index is 1.80. The van der Waals surface area contributed by atoms with E-state index in [0.29, 0.717) is 17.2 Å². The third kappa shape index (κ3) is 2.79. The fourth-order valence-corrected chi connectivity index (χ4v) is 4.98. The van der Waals surface area contributed by atoms with Crippen LogP contribution in [0.2, 0.25) is 4.34 Å². The molecule has 1 saturated carbocycles. The molecule has 1 unspecified atom stereocenters. The van der Waals surface area contributed by atoms with Gasteiger partial charge < -0.3 is 5.32 Å². The van der Waals surface area contributed by atoms with Gasteiger partial charge in [-0.15, -0.1) is 11.3 Å². The average molecular weight is 321 g/mol. The van der Waals surface area contributed by atoms with Crippen LogP contribution >= 0.6 is 22.9 Å². The van der Waals surface area contributed by atoms with Gasteiger partial charge in [0.1, 0.15) is 0 Å². The second-order valence-electron chi connectivity index (χ2n) is 4.86. The van der Waals surface area contributed by atoms with Crippen molar-refractivity contribution >= 4 is 38.9 Å². The summed E-state index contributed by atoms with van der Waals surface area (Å²) < 4.78 is 27.2. The molecule has 1 aromatic rings. The number of carbonyl (C=O) groups is 1. The first kappa shape index (κ1) is 13.4. The second kappa shape index (κ2) is 4.73. The number of carbonyl (C=O) groups excluding carboxylic acids is 1. The van der Waals surface area contributed by atoms with Gasteiger partial charge in [-0.1, -0.05) is 11.6 Å². The van der Waals surface area contributed by atoms with Crippen molar-refractivity contribution in [1.82, 2.24) is 10.0 Å². The van der Waals surface area contributed by atoms with Gasteiger partial charge in [0.2, 0.25) is 15.9 Å². The lowest BCUT2D eigenvalue weighted by Gasteiger charge is -2.18. The maximum atomic E-state index is 12.0. The zero-order valence-electron chi connectivity index (χ0n) is 9.93. The minimum Gasteiger partial charge on any atom is -0.347 e. The van der Waals surface area contributed by atoms with E-state index in [4.69, 9.17) is 11.6 Å². The zero-order valence-corrected chi connectivity index (χ0v) is 12.3. The summed E-state index contributed by atoms with van der Waals surface area (Å²) in [5.41, 5.74) is 0. The molecule has 1 aliphatic carbocycles. The predicted octanol–water partition coefficient (Wildman–Crippen LogP) is 1.41. The molecule has 1 amide bonds. The summed E-state index contributed by atoms with van der Waals surface area (Å²) in [6.45, 7) is 0. The first-order chi connectivity index (χ1) is 8.95. The van der Waals surface area contributed by atoms with Gasteiger partial charge in [-0.05, 0) is 25.0 Å². The highest BCUT2D eigenvalue weighted by Gasteiger charge is 2.42. The number of hydrogen-bond donors (Lipinski definition) is 2. The Bertz CT molecular complexity index is 609. The van der Waals surface area contributed by atoms with Crippen LogP contribution in [0.1, 0.15) is 30.2 Å². The van der Waals surface area contributed by atoms with Gasteiger partial charge in [-0.2, -0.15) is 0 Å². The highest BCUT2D eigenvalue weighted by molar-refractivity contribution is 7.90. The SMILES string of the molecule is O=C1C[C@H](NS(=O)(=O)C2CC2)C(c2ccc(Cl)s2)N1. The molecule has 0 bridgehead atoms. The van der Waals surface area contributed by atoms with E-state index in [1.54, 1.807) is 6.07 Å². The quantitative estimate of drug-likeness (QED) is 0.881. The van der Waals surface area contributed by atoms with Gasteiger partial charge in [-0.3, -0.25) is 4.79 Å². The van der Waals surface area contributed by atoms with Crippen LogP contribution in [-0.4, -0.2) is 25.6 Å². The topological polar surface area (TPSA) is 75.3 Å². The van der Waals surface area contributed by atoms with Gasteiger partial charge in [-0.25, -0.2) is 13.1 Å². The van der Waals surface area contributed by atoms with Crippen molar-refractivity contribution in [3.05, 3.63) is 21.3 Å². The van der Waals surface area contributed by atoms with E-state index in [9.17, 15) is 13.2 Å². The van der Waals surface area contributed by atoms with Gasteiger partial charge in [0.25, 0.3) is 0 Å². The Morgan fingerprint density at radius 2 is 2.11 bits per heavy atom. The van der Waals surface area contributed by atoms with Crippen molar-refractivity contribution in [2.24, 2.45) is 0 Å². The van der Waals surface area contributed by atoms with Gasteiger partial charge in [0.05, 0.1) is 21.7 Å². The Kier molecular flexibility index (Phi) is 3.33. The molecule has 104 valence electrons. The van der Waals surface area contributed by atoms with Crippen molar-refractivity contribution in [3.8, 4) is 0 Å². The lowest BCUT2D eigenvalue weighted by Crippen LogP contribution is -2.39. The molecule has 2 N–H and O–H groups in total. The number of rotatable bonds is 4. The van der Waals surface area contributed by atoms with E-state index < -0.39 is 16.1 Å². The molecule has 0 aromatic carbocycles. The predicted molar refractivity (Wildman–Crippen MR) is 73.7 cm³/mol. The van der Waals surface area contributed by atoms with Crippen LogP contribution in [0, 0.1) is 0 Å². The fourth-order valence-electron chi connectivity index (χ4n) is 2.21. The Labute approximate surface area is 120 Å². The van der Waals surface area contributed by atoms with E-state index in [1.165, 1.54) is 11.3 Å². The Morgan fingerprint density at radius 3 is 2.68 bits per heavy atom. The van der Waals surface area contributed by atoms with Crippen molar-refractivity contribution in [1.29, 1.82) is 0 Å². The third-order valence-corrected chi connectivity index (χ3v) is 6.60. The summed E-state index contributed by atoms with van der Waals surface area (Å²) in [4.78, 5) is 12.4. The van der Waals surface area contributed by atoms with E-state index >= 15 is 0 Å². The molecule has 8 heteroatoms. The van der Waals surface area contributed by atoms with Crippen LogP contribution in [-0.2, 0) is 14.8 Å². The second-order valence-corrected chi connectivity index (χ2v) is 8.60. The summed E-state index contributed by atoms with van der Waals surface area (Å²) in [6.07, 6.45) is 1.59. The summed E-state index contributed by atoms with van der Waals surface area (Å²) in [5.74, 6) is -0.141. The molecule has 1 aliphatic heterocycles. The summed E-state index contributed by atoms with van der Waals surface area (Å²) in [7, 11) is -3.30. The van der Waals surface area contributed by atoms with Crippen LogP contribution in [0.4, 0.5) is 0 Å². The minimum absolute atomic E-state index is 0.141. The highest BCUT2D eigenvalue weighted by Crippen LogP contribution is 2.34. The van der Waals surface area contributed by atoms with E-state index in [-0.39, 0.29) is 23.6 Å². The molecular weight excluding hydrogens is 308 g/mol. The van der Waals surface area contributed by atoms with Crippen LogP contribution in [0.15, 0.2) is 12.1 Å². The van der Waals surface area contributed by atoms with Crippen molar-refractivity contribution in [2.75, 3.05) is 0 Å². The molecule has 2 aliphatic rings. The molecule has 1 saturated heterocycles. The first-order valence-electron chi connectivity index (χ1n) is 6.01. The Hall–Kier alpha value is -0.630. The minimum atomic E-state index is -3.30. The summed E-state index contributed by atoms with van der Waals surface area (Å²) >= 11 is 7.24. The van der Waals surface area contributed by atoms with E-state index in [0.717, 1.165) is 4.88 Å². The van der Waals surface area contributed by atoms with Crippen LogP contribution in [0.3, 0.4) is 0 Å². The van der Waals surface area contributed by atoms with Crippen LogP contribution in [0.5, 0.6) is 0 Å². The summed E-state index contributed by atoms with van der Waals surface area (Å²) in [6, 6.07) is 2.83. The van der Waals surface area contributed by atoms with Crippen LogP contribution in [0.25, 0.3) is 0 Å². The van der Waals surface area contributed by atoms with Gasteiger partial charge in [0.15, 0.2) is 0 Å². The largest absolute Gasteiger partial charge is 0.347 e. The molecule has 5 nitrogen and oxygen atoms in total. The summed E-state index contributed by atoms with van der Waals surface area (Å²) in [5, 5.41) is 2.52. The smallest absolute Gasteiger partial charge is 0.222 e. The number of thiophene rings is 1. The van der Waals surface area contributed by atoms with Crippen molar-refractivity contribution in [2.45, 2.75) is 36.6 Å². The fraction of sp³-hybridized carbons (Fsp3) is 0.545. The number of halogens is 1. The van der Waals surface area contributed by atoms with E-state index in [2.05, 4.69) is 10.0 Å². The van der Waals surface area contributed by atoms with Crippen molar-refractivity contribution < 1.29 is 13.2 Å². The third-order valence-electron chi connectivity index (χ3n) is 3.30. The van der Waals surface area contributed by atoms with Crippen LogP contribution < -0.4 is 10.0 Å². The highest BCUT2D eigenvalue weighted by atomic mass is 35.5. The molecule has 3 rings (SSSR count). The zero-order chi connectivity index (χ0) is 13.6. The average Bonchev–Trinajstić information content (AvgIpc) is 3.02. The normalized spacial score (nSPS) is 27.5.